The zero-order chi connectivity index (χ0) is 9.72. The Labute approximate surface area is 69.8 Å². The molecule has 3 atom stereocenters. The first-order valence-electron chi connectivity index (χ1n) is 3.53. The summed E-state index contributed by atoms with van der Waals surface area (Å²) in [4.78, 5) is 10.2. The lowest BCUT2D eigenvalue weighted by atomic mass is 10.1. The van der Waals surface area contributed by atoms with E-state index < -0.39 is 24.2 Å². The van der Waals surface area contributed by atoms with Gasteiger partial charge in [-0.1, -0.05) is 0 Å². The van der Waals surface area contributed by atoms with Crippen LogP contribution in [-0.4, -0.2) is 46.1 Å². The van der Waals surface area contributed by atoms with Crippen molar-refractivity contribution < 1.29 is 20.1 Å². The van der Waals surface area contributed by atoms with E-state index in [1.54, 1.807) is 0 Å². The first kappa shape index (κ1) is 11.3. The average molecular weight is 178 g/mol. The molecule has 0 aliphatic carbocycles. The summed E-state index contributed by atoms with van der Waals surface area (Å²) in [6, 6.07) is -1.37. The molecule has 12 heavy (non-hydrogen) atoms. The van der Waals surface area contributed by atoms with Crippen LogP contribution >= 0.6 is 0 Å². The number of aliphatic hydroxyl groups excluding tert-OH is 2. The standard InChI is InChI=1S/C6H14N2O4/c7-2-3(9)1-4(10)5(8)6(11)12/h3-5,9-10H,1-2,7-8H2,(H,11,12)/t3?,4?,5-/m0/s1. The first-order valence-corrected chi connectivity index (χ1v) is 3.53. The first-order chi connectivity index (χ1) is 5.49. The van der Waals surface area contributed by atoms with E-state index in [0.717, 1.165) is 0 Å². The normalized spacial score (nSPS) is 18.3. The van der Waals surface area contributed by atoms with E-state index in [0.29, 0.717) is 0 Å². The third-order valence-electron chi connectivity index (χ3n) is 1.49. The van der Waals surface area contributed by atoms with Crippen molar-refractivity contribution in [2.45, 2.75) is 24.7 Å². The molecule has 0 radical (unpaired) electrons. The van der Waals surface area contributed by atoms with Gasteiger partial charge in [0.25, 0.3) is 0 Å². The number of aliphatic carboxylic acids is 1. The van der Waals surface area contributed by atoms with Crippen LogP contribution in [0.4, 0.5) is 0 Å². The maximum atomic E-state index is 10.2. The summed E-state index contributed by atoms with van der Waals surface area (Å²) in [5.74, 6) is -1.30. The van der Waals surface area contributed by atoms with Crippen LogP contribution in [0.5, 0.6) is 0 Å². The van der Waals surface area contributed by atoms with Crippen LogP contribution in [0.3, 0.4) is 0 Å². The highest BCUT2D eigenvalue weighted by atomic mass is 16.4. The maximum absolute atomic E-state index is 10.2. The summed E-state index contributed by atoms with van der Waals surface area (Å²) in [5, 5.41) is 26.3. The van der Waals surface area contributed by atoms with Gasteiger partial charge in [0.15, 0.2) is 0 Å². The van der Waals surface area contributed by atoms with E-state index >= 15 is 0 Å². The molecule has 6 nitrogen and oxygen atoms in total. The van der Waals surface area contributed by atoms with Gasteiger partial charge in [-0.15, -0.1) is 0 Å². The Morgan fingerprint density at radius 2 is 1.92 bits per heavy atom. The molecule has 2 unspecified atom stereocenters. The Bertz CT molecular complexity index is 152. The summed E-state index contributed by atoms with van der Waals surface area (Å²) in [7, 11) is 0. The highest BCUT2D eigenvalue weighted by Crippen LogP contribution is 2.00. The Kier molecular flexibility index (Phi) is 4.75. The fourth-order valence-electron chi connectivity index (χ4n) is 0.686. The molecule has 0 rings (SSSR count). The molecule has 6 heteroatoms. The molecule has 7 N–H and O–H groups in total. The summed E-state index contributed by atoms with van der Waals surface area (Å²) in [6.07, 6.45) is -2.30. The molecular weight excluding hydrogens is 164 g/mol. The smallest absolute Gasteiger partial charge is 0.323 e. The number of rotatable bonds is 5. The number of carbonyl (C=O) groups is 1. The highest BCUT2D eigenvalue weighted by molar-refractivity contribution is 5.73. The topological polar surface area (TPSA) is 130 Å². The van der Waals surface area contributed by atoms with Crippen LogP contribution in [-0.2, 0) is 4.79 Å². The summed E-state index contributed by atoms with van der Waals surface area (Å²) >= 11 is 0. The van der Waals surface area contributed by atoms with Gasteiger partial charge in [0.2, 0.25) is 0 Å². The summed E-state index contributed by atoms with van der Waals surface area (Å²) in [5.41, 5.74) is 10.1. The Morgan fingerprint density at radius 1 is 1.42 bits per heavy atom. The van der Waals surface area contributed by atoms with Gasteiger partial charge >= 0.3 is 5.97 Å². The van der Waals surface area contributed by atoms with Gasteiger partial charge in [-0.25, -0.2) is 0 Å². The van der Waals surface area contributed by atoms with Gasteiger partial charge in [0, 0.05) is 13.0 Å². The molecule has 0 saturated heterocycles. The van der Waals surface area contributed by atoms with Crippen molar-refractivity contribution in [2.75, 3.05) is 6.54 Å². The van der Waals surface area contributed by atoms with Gasteiger partial charge < -0.3 is 26.8 Å². The minimum Gasteiger partial charge on any atom is -0.480 e. The largest absolute Gasteiger partial charge is 0.480 e. The van der Waals surface area contributed by atoms with Crippen molar-refractivity contribution in [1.82, 2.24) is 0 Å². The van der Waals surface area contributed by atoms with Crippen LogP contribution < -0.4 is 11.5 Å². The zero-order valence-corrected chi connectivity index (χ0v) is 6.55. The third kappa shape index (κ3) is 3.63. The van der Waals surface area contributed by atoms with Gasteiger partial charge in [0.1, 0.15) is 6.04 Å². The van der Waals surface area contributed by atoms with Gasteiger partial charge in [0.05, 0.1) is 12.2 Å². The minimum absolute atomic E-state index is 0.0244. The molecule has 0 aliphatic heterocycles. The second kappa shape index (κ2) is 5.04. The van der Waals surface area contributed by atoms with Gasteiger partial charge in [-0.2, -0.15) is 0 Å². The molecule has 0 saturated carbocycles. The van der Waals surface area contributed by atoms with Crippen molar-refractivity contribution in [3.8, 4) is 0 Å². The van der Waals surface area contributed by atoms with Crippen molar-refractivity contribution >= 4 is 5.97 Å². The maximum Gasteiger partial charge on any atom is 0.323 e. The zero-order valence-electron chi connectivity index (χ0n) is 6.55. The summed E-state index contributed by atoms with van der Waals surface area (Å²) < 4.78 is 0. The average Bonchev–Trinajstić information content (AvgIpc) is 2.02. The molecule has 0 aromatic rings. The number of nitrogens with two attached hydrogens (primary N) is 2. The lowest BCUT2D eigenvalue weighted by Crippen LogP contribution is -2.44. The Morgan fingerprint density at radius 3 is 2.25 bits per heavy atom. The van der Waals surface area contributed by atoms with Gasteiger partial charge in [-0.05, 0) is 0 Å². The fraction of sp³-hybridized carbons (Fsp3) is 0.833. The minimum atomic E-state index is -1.37. The van der Waals surface area contributed by atoms with Crippen LogP contribution in [0.1, 0.15) is 6.42 Å². The molecule has 0 fully saturated rings. The van der Waals surface area contributed by atoms with Crippen LogP contribution in [0.25, 0.3) is 0 Å². The quantitative estimate of drug-likeness (QED) is 0.315. The molecule has 0 bridgehead atoms. The van der Waals surface area contributed by atoms with Crippen molar-refractivity contribution in [2.24, 2.45) is 11.5 Å². The molecular formula is C6H14N2O4. The third-order valence-corrected chi connectivity index (χ3v) is 1.49. The predicted octanol–water partition coefficient (Wildman–Crippen LogP) is -2.53. The molecule has 72 valence electrons. The number of carboxylic acid groups (broad SMARTS) is 1. The lowest BCUT2D eigenvalue weighted by Gasteiger charge is -2.17. The van der Waals surface area contributed by atoms with Gasteiger partial charge in [-0.3, -0.25) is 4.79 Å². The van der Waals surface area contributed by atoms with E-state index in [-0.39, 0.29) is 13.0 Å². The fourth-order valence-corrected chi connectivity index (χ4v) is 0.686. The summed E-state index contributed by atoms with van der Waals surface area (Å²) in [6.45, 7) is -0.0244. The van der Waals surface area contributed by atoms with E-state index in [9.17, 15) is 4.79 Å². The lowest BCUT2D eigenvalue weighted by molar-refractivity contribution is -0.141. The van der Waals surface area contributed by atoms with E-state index in [1.807, 2.05) is 0 Å². The van der Waals surface area contributed by atoms with Crippen LogP contribution in [0.2, 0.25) is 0 Å². The number of carboxylic acids is 1. The molecule has 0 aliphatic rings. The Balaban J connectivity index is 3.86. The molecule has 0 aromatic carbocycles. The highest BCUT2D eigenvalue weighted by Gasteiger charge is 2.23. The van der Waals surface area contributed by atoms with Crippen molar-refractivity contribution in [1.29, 1.82) is 0 Å². The van der Waals surface area contributed by atoms with Crippen LogP contribution in [0.15, 0.2) is 0 Å². The Hall–Kier alpha value is -0.690. The van der Waals surface area contributed by atoms with E-state index in [4.69, 9.17) is 26.8 Å². The van der Waals surface area contributed by atoms with Crippen molar-refractivity contribution in [3.05, 3.63) is 0 Å². The molecule has 0 heterocycles. The molecule has 0 spiro atoms. The molecule has 0 amide bonds. The second-order valence-corrected chi connectivity index (χ2v) is 2.56. The SMILES string of the molecule is NCC(O)CC(O)[C@H](N)C(=O)O. The van der Waals surface area contributed by atoms with Crippen molar-refractivity contribution in [3.63, 3.8) is 0 Å². The van der Waals surface area contributed by atoms with E-state index in [2.05, 4.69) is 0 Å². The monoisotopic (exact) mass is 178 g/mol. The number of hydrogen-bond acceptors (Lipinski definition) is 5. The molecule has 0 aromatic heterocycles. The van der Waals surface area contributed by atoms with Crippen LogP contribution in [0, 0.1) is 0 Å². The second-order valence-electron chi connectivity index (χ2n) is 2.56. The predicted molar refractivity (Wildman–Crippen MR) is 41.3 cm³/mol. The number of aliphatic hydroxyl groups is 2. The van der Waals surface area contributed by atoms with E-state index in [1.165, 1.54) is 0 Å². The number of hydrogen-bond donors (Lipinski definition) is 5.